The number of nitrogens with zero attached hydrogens (tertiary/aromatic N) is 1. The molecule has 0 saturated heterocycles. The van der Waals surface area contributed by atoms with E-state index in [4.69, 9.17) is 5.73 Å². The van der Waals surface area contributed by atoms with Crippen molar-refractivity contribution in [1.82, 2.24) is 10.2 Å². The van der Waals surface area contributed by atoms with Gasteiger partial charge in [0.25, 0.3) is 0 Å². The van der Waals surface area contributed by atoms with Crippen LogP contribution in [0.4, 0.5) is 19.0 Å². The summed E-state index contributed by atoms with van der Waals surface area (Å²) in [5.41, 5.74) is 6.71. The van der Waals surface area contributed by atoms with Gasteiger partial charge in [-0.25, -0.2) is 13.2 Å². The lowest BCUT2D eigenvalue weighted by Crippen LogP contribution is -1.92. The second-order valence-corrected chi connectivity index (χ2v) is 4.50. The van der Waals surface area contributed by atoms with E-state index in [1.54, 1.807) is 6.07 Å². The van der Waals surface area contributed by atoms with Gasteiger partial charge < -0.3 is 5.73 Å². The van der Waals surface area contributed by atoms with E-state index in [9.17, 15) is 13.2 Å². The number of aromatic nitrogens is 2. The van der Waals surface area contributed by atoms with Crippen LogP contribution in [0.25, 0.3) is 22.4 Å². The van der Waals surface area contributed by atoms with Crippen LogP contribution in [0.15, 0.2) is 42.5 Å². The summed E-state index contributed by atoms with van der Waals surface area (Å²) in [5, 5.41) is 6.41. The second-order valence-electron chi connectivity index (χ2n) is 4.50. The third kappa shape index (κ3) is 2.35. The van der Waals surface area contributed by atoms with Crippen LogP contribution in [0.5, 0.6) is 0 Å². The minimum absolute atomic E-state index is 0.0553. The minimum atomic E-state index is -0.738. The van der Waals surface area contributed by atoms with E-state index in [2.05, 4.69) is 10.2 Å². The molecule has 0 aliphatic rings. The molecule has 0 bridgehead atoms. The molecule has 3 N–H and O–H groups in total. The third-order valence-corrected chi connectivity index (χ3v) is 3.09. The van der Waals surface area contributed by atoms with Crippen LogP contribution in [0.2, 0.25) is 0 Å². The number of hydrogen-bond donors (Lipinski definition) is 2. The number of rotatable bonds is 2. The van der Waals surface area contributed by atoms with E-state index in [0.29, 0.717) is 0 Å². The number of benzene rings is 2. The normalized spacial score (nSPS) is 10.8. The lowest BCUT2D eigenvalue weighted by Gasteiger charge is -2.06. The number of hydrogen-bond acceptors (Lipinski definition) is 2. The van der Waals surface area contributed by atoms with Gasteiger partial charge in [0.05, 0.1) is 11.3 Å². The van der Waals surface area contributed by atoms with Crippen LogP contribution >= 0.6 is 0 Å². The molecule has 1 aromatic heterocycles. The lowest BCUT2D eigenvalue weighted by molar-refractivity contribution is 0.584. The van der Waals surface area contributed by atoms with Crippen LogP contribution in [0.1, 0.15) is 0 Å². The van der Waals surface area contributed by atoms with Crippen LogP contribution in [0.3, 0.4) is 0 Å². The molecule has 0 aliphatic carbocycles. The Morgan fingerprint density at radius 2 is 1.62 bits per heavy atom. The molecule has 6 heteroatoms. The number of nitrogens with two attached hydrogens (primary N) is 1. The van der Waals surface area contributed by atoms with E-state index in [1.807, 2.05) is 0 Å². The lowest BCUT2D eigenvalue weighted by atomic mass is 10.0. The van der Waals surface area contributed by atoms with Gasteiger partial charge in [0.2, 0.25) is 0 Å². The van der Waals surface area contributed by atoms with Crippen LogP contribution in [-0.4, -0.2) is 10.2 Å². The number of nitrogens with one attached hydrogen (secondary N) is 1. The van der Waals surface area contributed by atoms with E-state index in [0.717, 1.165) is 18.2 Å². The Bertz CT molecular complexity index is 791. The van der Waals surface area contributed by atoms with Gasteiger partial charge in [-0.2, -0.15) is 5.10 Å². The van der Waals surface area contributed by atoms with E-state index in [1.165, 1.54) is 18.2 Å². The Morgan fingerprint density at radius 3 is 2.29 bits per heavy atom. The van der Waals surface area contributed by atoms with Crippen molar-refractivity contribution in [1.29, 1.82) is 0 Å². The van der Waals surface area contributed by atoms with Crippen molar-refractivity contribution < 1.29 is 13.2 Å². The fraction of sp³-hybridized carbons (Fsp3) is 0. The Hall–Kier alpha value is -2.76. The highest BCUT2D eigenvalue weighted by Gasteiger charge is 2.18. The molecule has 3 nitrogen and oxygen atoms in total. The zero-order chi connectivity index (χ0) is 15.0. The molecule has 0 radical (unpaired) electrons. The third-order valence-electron chi connectivity index (χ3n) is 3.09. The van der Waals surface area contributed by atoms with Gasteiger partial charge in [0.15, 0.2) is 5.82 Å². The minimum Gasteiger partial charge on any atom is -0.382 e. The first-order chi connectivity index (χ1) is 10.1. The van der Waals surface area contributed by atoms with Gasteiger partial charge in [0.1, 0.15) is 17.5 Å². The van der Waals surface area contributed by atoms with Crippen molar-refractivity contribution in [3.8, 4) is 22.4 Å². The highest BCUT2D eigenvalue weighted by molar-refractivity contribution is 5.87. The molecule has 106 valence electrons. The largest absolute Gasteiger partial charge is 0.382 e. The van der Waals surface area contributed by atoms with Crippen molar-refractivity contribution >= 4 is 5.82 Å². The zero-order valence-corrected chi connectivity index (χ0v) is 10.7. The van der Waals surface area contributed by atoms with Crippen LogP contribution in [0, 0.1) is 17.5 Å². The average molecular weight is 289 g/mol. The summed E-state index contributed by atoms with van der Waals surface area (Å²) in [6, 6.07) is 8.98. The predicted octanol–water partition coefficient (Wildman–Crippen LogP) is 3.74. The molecule has 2 aromatic carbocycles. The number of halogens is 3. The fourth-order valence-electron chi connectivity index (χ4n) is 2.20. The molecule has 0 amide bonds. The molecule has 0 atom stereocenters. The summed E-state index contributed by atoms with van der Waals surface area (Å²) in [6.45, 7) is 0. The van der Waals surface area contributed by atoms with Crippen LogP contribution in [-0.2, 0) is 0 Å². The predicted molar refractivity (Wildman–Crippen MR) is 73.7 cm³/mol. The molecule has 21 heavy (non-hydrogen) atoms. The van der Waals surface area contributed by atoms with Crippen molar-refractivity contribution in [2.24, 2.45) is 0 Å². The first kappa shape index (κ1) is 13.2. The molecule has 3 aromatic rings. The first-order valence-electron chi connectivity index (χ1n) is 6.11. The Labute approximate surface area is 118 Å². The summed E-state index contributed by atoms with van der Waals surface area (Å²) in [7, 11) is 0. The van der Waals surface area contributed by atoms with Gasteiger partial charge in [-0.05, 0) is 18.2 Å². The Morgan fingerprint density at radius 1 is 0.952 bits per heavy atom. The standard InChI is InChI=1S/C15H10F3N3/c16-9-5-8(6-10(17)7-9)14-13(15(19)21-20-14)11-3-1-2-4-12(11)18/h1-7H,(H3,19,20,21). The molecular formula is C15H10F3N3. The summed E-state index contributed by atoms with van der Waals surface area (Å²) >= 11 is 0. The summed E-state index contributed by atoms with van der Waals surface area (Å²) in [4.78, 5) is 0. The number of aromatic amines is 1. The molecule has 0 unspecified atom stereocenters. The SMILES string of the molecule is Nc1n[nH]c(-c2cc(F)cc(F)c2)c1-c1ccccc1F. The Balaban J connectivity index is 2.24. The molecule has 0 saturated carbocycles. The van der Waals surface area contributed by atoms with Crippen molar-refractivity contribution in [3.63, 3.8) is 0 Å². The number of nitrogen functional groups attached to an aromatic ring is 1. The van der Waals surface area contributed by atoms with Gasteiger partial charge in [-0.3, -0.25) is 5.10 Å². The molecule has 3 rings (SSSR count). The Kier molecular flexibility index (Phi) is 3.13. The quantitative estimate of drug-likeness (QED) is 0.755. The zero-order valence-electron chi connectivity index (χ0n) is 10.7. The summed E-state index contributed by atoms with van der Waals surface area (Å²) < 4.78 is 40.7. The number of anilines is 1. The van der Waals surface area contributed by atoms with Crippen LogP contribution < -0.4 is 5.73 Å². The maximum Gasteiger partial charge on any atom is 0.153 e. The topological polar surface area (TPSA) is 54.7 Å². The maximum atomic E-state index is 13.9. The average Bonchev–Trinajstić information content (AvgIpc) is 2.80. The smallest absolute Gasteiger partial charge is 0.153 e. The van der Waals surface area contributed by atoms with Gasteiger partial charge in [-0.15, -0.1) is 0 Å². The monoisotopic (exact) mass is 289 g/mol. The summed E-state index contributed by atoms with van der Waals surface area (Å²) in [5.74, 6) is -1.92. The number of H-pyrrole nitrogens is 1. The van der Waals surface area contributed by atoms with E-state index in [-0.39, 0.29) is 28.2 Å². The highest BCUT2D eigenvalue weighted by Crippen LogP contribution is 2.36. The molecule has 0 fully saturated rings. The fourth-order valence-corrected chi connectivity index (χ4v) is 2.20. The highest BCUT2D eigenvalue weighted by atomic mass is 19.1. The van der Waals surface area contributed by atoms with E-state index >= 15 is 0 Å². The molecular weight excluding hydrogens is 279 g/mol. The molecule has 0 aliphatic heterocycles. The maximum absolute atomic E-state index is 13.9. The van der Waals surface area contributed by atoms with Crippen molar-refractivity contribution in [2.75, 3.05) is 5.73 Å². The van der Waals surface area contributed by atoms with Crippen molar-refractivity contribution in [2.45, 2.75) is 0 Å². The van der Waals surface area contributed by atoms with Gasteiger partial charge in [-0.1, -0.05) is 18.2 Å². The van der Waals surface area contributed by atoms with Gasteiger partial charge in [0, 0.05) is 17.2 Å². The second kappa shape index (κ2) is 4.97. The van der Waals surface area contributed by atoms with E-state index < -0.39 is 17.5 Å². The molecule has 0 spiro atoms. The van der Waals surface area contributed by atoms with Crippen molar-refractivity contribution in [3.05, 3.63) is 59.9 Å². The summed E-state index contributed by atoms with van der Waals surface area (Å²) in [6.07, 6.45) is 0. The first-order valence-corrected chi connectivity index (χ1v) is 6.11. The van der Waals surface area contributed by atoms with Gasteiger partial charge >= 0.3 is 0 Å². The molecule has 1 heterocycles.